The minimum atomic E-state index is -0.00410. The van der Waals surface area contributed by atoms with E-state index < -0.39 is 0 Å². The smallest absolute Gasteiger partial charge is 0.290 e. The van der Waals surface area contributed by atoms with Crippen LogP contribution in [0.4, 0.5) is 0 Å². The number of nitrogens with zero attached hydrogens (tertiary/aromatic N) is 2. The summed E-state index contributed by atoms with van der Waals surface area (Å²) in [6.07, 6.45) is 1.04. The zero-order valence-corrected chi connectivity index (χ0v) is 15.4. The Labute approximate surface area is 158 Å². The molecule has 2 aromatic carbocycles. The molecular formula is C22H22N2O3. The summed E-state index contributed by atoms with van der Waals surface area (Å²) in [6, 6.07) is 16.0. The lowest BCUT2D eigenvalue weighted by Gasteiger charge is -2.34. The van der Waals surface area contributed by atoms with E-state index in [1.54, 1.807) is 7.11 Å². The Morgan fingerprint density at radius 2 is 1.96 bits per heavy atom. The van der Waals surface area contributed by atoms with Crippen LogP contribution < -0.4 is 4.74 Å². The molecule has 1 aromatic heterocycles. The third kappa shape index (κ3) is 2.70. The third-order valence-electron chi connectivity index (χ3n) is 5.76. The largest absolute Gasteiger partial charge is 0.497 e. The average Bonchev–Trinajstić information content (AvgIpc) is 3.28. The fourth-order valence-corrected chi connectivity index (χ4v) is 4.35. The highest BCUT2D eigenvalue weighted by Crippen LogP contribution is 2.38. The molecule has 138 valence electrons. The number of hydrogen-bond donors (Lipinski definition) is 0. The molecule has 0 N–H and O–H groups in total. The Morgan fingerprint density at radius 1 is 1.11 bits per heavy atom. The van der Waals surface area contributed by atoms with Crippen LogP contribution in [-0.2, 0) is 0 Å². The number of benzene rings is 2. The number of carbonyl (C=O) groups excluding carboxylic acids is 1. The molecule has 0 spiro atoms. The second kappa shape index (κ2) is 6.43. The number of fused-ring (bicyclic) bond motifs is 3. The molecule has 5 nitrogen and oxygen atoms in total. The van der Waals surface area contributed by atoms with Crippen molar-refractivity contribution in [2.24, 2.45) is 0 Å². The maximum Gasteiger partial charge on any atom is 0.290 e. The van der Waals surface area contributed by atoms with Crippen LogP contribution in [0.3, 0.4) is 0 Å². The quantitative estimate of drug-likeness (QED) is 0.714. The Balaban J connectivity index is 1.65. The van der Waals surface area contributed by atoms with E-state index in [-0.39, 0.29) is 11.9 Å². The topological polar surface area (TPSA) is 45.9 Å². The first-order valence-corrected chi connectivity index (χ1v) is 9.44. The molecule has 2 aliphatic rings. The van der Waals surface area contributed by atoms with Crippen molar-refractivity contribution < 1.29 is 13.9 Å². The lowest BCUT2D eigenvalue weighted by Crippen LogP contribution is -2.49. The highest BCUT2D eigenvalue weighted by atomic mass is 16.5. The van der Waals surface area contributed by atoms with Gasteiger partial charge in [-0.05, 0) is 24.1 Å². The molecule has 2 saturated heterocycles. The monoisotopic (exact) mass is 362 g/mol. The molecule has 2 unspecified atom stereocenters. The SMILES string of the molecule is COc1ccc2c(-c3ccccc3)c(C(=O)N3CCN4CCC3C4)oc2c1. The van der Waals surface area contributed by atoms with E-state index in [1.807, 2.05) is 53.4 Å². The first kappa shape index (κ1) is 16.4. The predicted molar refractivity (Wildman–Crippen MR) is 104 cm³/mol. The summed E-state index contributed by atoms with van der Waals surface area (Å²) < 4.78 is 11.5. The van der Waals surface area contributed by atoms with Gasteiger partial charge in [-0.2, -0.15) is 0 Å². The minimum absolute atomic E-state index is 0.00410. The second-order valence-electron chi connectivity index (χ2n) is 7.28. The fraction of sp³-hybridized carbons (Fsp3) is 0.318. The maximum atomic E-state index is 13.5. The van der Waals surface area contributed by atoms with Crippen LogP contribution in [0.15, 0.2) is 52.9 Å². The minimum Gasteiger partial charge on any atom is -0.497 e. The van der Waals surface area contributed by atoms with Gasteiger partial charge in [-0.3, -0.25) is 9.69 Å². The molecule has 2 atom stereocenters. The van der Waals surface area contributed by atoms with E-state index in [0.717, 1.165) is 54.9 Å². The van der Waals surface area contributed by atoms with Crippen LogP contribution in [0.25, 0.3) is 22.1 Å². The van der Waals surface area contributed by atoms with E-state index in [0.29, 0.717) is 11.3 Å². The molecule has 0 saturated carbocycles. The number of amides is 1. The number of methoxy groups -OCH3 is 1. The fourth-order valence-electron chi connectivity index (χ4n) is 4.35. The van der Waals surface area contributed by atoms with Gasteiger partial charge in [-0.25, -0.2) is 0 Å². The van der Waals surface area contributed by atoms with Gasteiger partial charge in [0.05, 0.1) is 7.11 Å². The van der Waals surface area contributed by atoms with Crippen LogP contribution in [0.5, 0.6) is 5.75 Å². The van der Waals surface area contributed by atoms with Crippen molar-refractivity contribution in [2.75, 3.05) is 33.3 Å². The number of carbonyl (C=O) groups is 1. The molecule has 0 radical (unpaired) electrons. The summed E-state index contributed by atoms with van der Waals surface area (Å²) in [7, 11) is 1.63. The van der Waals surface area contributed by atoms with E-state index in [1.165, 1.54) is 0 Å². The average molecular weight is 362 g/mol. The lowest BCUT2D eigenvalue weighted by atomic mass is 10.0. The zero-order valence-electron chi connectivity index (χ0n) is 15.4. The van der Waals surface area contributed by atoms with Crippen LogP contribution in [0, 0.1) is 0 Å². The van der Waals surface area contributed by atoms with E-state index in [4.69, 9.17) is 9.15 Å². The Hall–Kier alpha value is -2.79. The molecule has 2 fully saturated rings. The highest BCUT2D eigenvalue weighted by molar-refractivity contribution is 6.08. The molecular weight excluding hydrogens is 340 g/mol. The van der Waals surface area contributed by atoms with Crippen molar-refractivity contribution in [3.05, 3.63) is 54.3 Å². The number of rotatable bonds is 3. The first-order valence-electron chi connectivity index (χ1n) is 9.44. The zero-order chi connectivity index (χ0) is 18.4. The van der Waals surface area contributed by atoms with Crippen molar-refractivity contribution in [3.63, 3.8) is 0 Å². The van der Waals surface area contributed by atoms with Crippen molar-refractivity contribution >= 4 is 16.9 Å². The van der Waals surface area contributed by atoms with Gasteiger partial charge in [0.2, 0.25) is 5.76 Å². The standard InChI is InChI=1S/C22H22N2O3/c1-26-17-7-8-18-19(13-17)27-21(20(18)15-5-3-2-4-6-15)22(25)24-12-11-23-10-9-16(24)14-23/h2-8,13,16H,9-12,14H2,1H3. The third-order valence-corrected chi connectivity index (χ3v) is 5.76. The molecule has 3 aromatic rings. The maximum absolute atomic E-state index is 13.5. The molecule has 2 bridgehead atoms. The molecule has 5 rings (SSSR count). The molecule has 3 heterocycles. The molecule has 27 heavy (non-hydrogen) atoms. The number of furan rings is 1. The van der Waals surface area contributed by atoms with E-state index in [2.05, 4.69) is 4.90 Å². The summed E-state index contributed by atoms with van der Waals surface area (Å²) in [6.45, 7) is 3.76. The first-order chi connectivity index (χ1) is 13.2. The molecule has 1 amide bonds. The molecule has 5 heteroatoms. The Morgan fingerprint density at radius 3 is 2.78 bits per heavy atom. The van der Waals surface area contributed by atoms with Crippen LogP contribution in [-0.4, -0.2) is 55.0 Å². The van der Waals surface area contributed by atoms with Gasteiger partial charge in [0, 0.05) is 49.2 Å². The molecule has 0 aliphatic carbocycles. The highest BCUT2D eigenvalue weighted by Gasteiger charge is 2.37. The van der Waals surface area contributed by atoms with Crippen molar-refractivity contribution in [2.45, 2.75) is 12.5 Å². The normalized spacial score (nSPS) is 21.6. The molecule has 2 aliphatic heterocycles. The van der Waals surface area contributed by atoms with E-state index in [9.17, 15) is 4.79 Å². The van der Waals surface area contributed by atoms with Crippen molar-refractivity contribution in [1.82, 2.24) is 9.80 Å². The van der Waals surface area contributed by atoms with Gasteiger partial charge >= 0.3 is 0 Å². The van der Waals surface area contributed by atoms with Gasteiger partial charge in [-0.15, -0.1) is 0 Å². The van der Waals surface area contributed by atoms with Gasteiger partial charge in [-0.1, -0.05) is 30.3 Å². The van der Waals surface area contributed by atoms with E-state index >= 15 is 0 Å². The number of piperazine rings is 1. The number of ether oxygens (including phenoxy) is 1. The second-order valence-corrected chi connectivity index (χ2v) is 7.28. The number of hydrogen-bond acceptors (Lipinski definition) is 4. The summed E-state index contributed by atoms with van der Waals surface area (Å²) >= 11 is 0. The Bertz CT molecular complexity index is 995. The van der Waals surface area contributed by atoms with Crippen LogP contribution in [0.1, 0.15) is 17.0 Å². The lowest BCUT2D eigenvalue weighted by molar-refractivity contribution is 0.0581. The summed E-state index contributed by atoms with van der Waals surface area (Å²) in [5.74, 6) is 1.15. The van der Waals surface area contributed by atoms with Gasteiger partial charge in [0.1, 0.15) is 11.3 Å². The predicted octanol–water partition coefficient (Wildman–Crippen LogP) is 3.64. The summed E-state index contributed by atoms with van der Waals surface area (Å²) in [4.78, 5) is 17.9. The summed E-state index contributed by atoms with van der Waals surface area (Å²) in [5, 5.41) is 0.940. The van der Waals surface area contributed by atoms with Gasteiger partial charge < -0.3 is 14.1 Å². The van der Waals surface area contributed by atoms with Crippen LogP contribution in [0.2, 0.25) is 0 Å². The summed E-state index contributed by atoms with van der Waals surface area (Å²) in [5.41, 5.74) is 2.55. The van der Waals surface area contributed by atoms with Gasteiger partial charge in [0.15, 0.2) is 0 Å². The van der Waals surface area contributed by atoms with Crippen molar-refractivity contribution in [3.8, 4) is 16.9 Å². The Kier molecular flexibility index (Phi) is 3.90. The van der Waals surface area contributed by atoms with Crippen LogP contribution >= 0.6 is 0 Å². The van der Waals surface area contributed by atoms with Gasteiger partial charge in [0.25, 0.3) is 5.91 Å². The van der Waals surface area contributed by atoms with Crippen molar-refractivity contribution in [1.29, 1.82) is 0 Å².